The lowest BCUT2D eigenvalue weighted by molar-refractivity contribution is -0.121. The topological polar surface area (TPSA) is 110 Å². The van der Waals surface area contributed by atoms with Crippen molar-refractivity contribution in [3.63, 3.8) is 0 Å². The molecular formula is C26H24FN5O3. The van der Waals surface area contributed by atoms with Crippen LogP contribution in [0.3, 0.4) is 0 Å². The second kappa shape index (κ2) is 9.50. The van der Waals surface area contributed by atoms with Crippen LogP contribution in [0, 0.1) is 31.0 Å². The Kier molecular flexibility index (Phi) is 6.47. The molecule has 0 radical (unpaired) electrons. The zero-order valence-corrected chi connectivity index (χ0v) is 19.6. The average molecular weight is 474 g/mol. The first-order valence-corrected chi connectivity index (χ1v) is 11.1. The molecule has 178 valence electrons. The second-order valence-corrected chi connectivity index (χ2v) is 8.70. The fraction of sp³-hybridized carbons (Fsp3) is 0.269. The van der Waals surface area contributed by atoms with Gasteiger partial charge in [0.1, 0.15) is 12.4 Å². The molecule has 9 heteroatoms. The van der Waals surface area contributed by atoms with Crippen LogP contribution in [0.25, 0.3) is 0 Å². The van der Waals surface area contributed by atoms with Crippen molar-refractivity contribution in [3.8, 4) is 6.07 Å². The Bertz CT molecular complexity index is 1410. The first-order valence-electron chi connectivity index (χ1n) is 11.1. The number of piperazine rings is 1. The highest BCUT2D eigenvalue weighted by molar-refractivity contribution is 6.02. The molecule has 0 aliphatic carbocycles. The van der Waals surface area contributed by atoms with Crippen LogP contribution in [-0.2, 0) is 11.2 Å². The maximum Gasteiger partial charge on any atom is 0.267 e. The Hall–Kier alpha value is -4.32. The number of halogens is 1. The van der Waals surface area contributed by atoms with E-state index in [1.54, 1.807) is 49.1 Å². The summed E-state index contributed by atoms with van der Waals surface area (Å²) in [7, 11) is 0. The number of carbonyl (C=O) groups is 2. The molecule has 0 bridgehead atoms. The summed E-state index contributed by atoms with van der Waals surface area (Å²) in [4.78, 5) is 40.8. The molecule has 1 fully saturated rings. The van der Waals surface area contributed by atoms with Crippen molar-refractivity contribution in [2.75, 3.05) is 18.0 Å². The van der Waals surface area contributed by atoms with Crippen molar-refractivity contribution in [3.05, 3.63) is 92.1 Å². The number of rotatable bonds is 4. The molecule has 1 aliphatic heterocycles. The van der Waals surface area contributed by atoms with E-state index in [4.69, 9.17) is 5.26 Å². The van der Waals surface area contributed by atoms with Gasteiger partial charge in [-0.1, -0.05) is 6.07 Å². The van der Waals surface area contributed by atoms with Crippen molar-refractivity contribution in [2.45, 2.75) is 33.2 Å². The smallest absolute Gasteiger partial charge is 0.267 e. The number of nitrogens with one attached hydrogen (secondary N) is 1. The van der Waals surface area contributed by atoms with Crippen LogP contribution >= 0.6 is 0 Å². The fourth-order valence-corrected chi connectivity index (χ4v) is 4.25. The van der Waals surface area contributed by atoms with E-state index in [0.29, 0.717) is 34.5 Å². The fourth-order valence-electron chi connectivity index (χ4n) is 4.25. The number of nitrogens with zero attached hydrogens (tertiary/aromatic N) is 4. The molecule has 2 amide bonds. The number of nitriles is 1. The minimum atomic E-state index is -0.671. The number of H-pyrrole nitrogens is 1. The SMILES string of the molecule is Cc1c(Cc2ccc(F)c(C(=O)N3CC(=O)N(c4ccc(C#N)cc4)[C@@H](C)C3)c2)n[nH]c(=O)c1C. The van der Waals surface area contributed by atoms with Crippen molar-refractivity contribution >= 4 is 17.5 Å². The monoisotopic (exact) mass is 473 g/mol. The van der Waals surface area contributed by atoms with Gasteiger partial charge in [0.05, 0.1) is 28.9 Å². The van der Waals surface area contributed by atoms with Crippen LogP contribution in [0.15, 0.2) is 47.3 Å². The number of amides is 2. The summed E-state index contributed by atoms with van der Waals surface area (Å²) in [5.41, 5.74) is 3.33. The molecule has 0 unspecified atom stereocenters. The van der Waals surface area contributed by atoms with E-state index in [2.05, 4.69) is 10.2 Å². The molecule has 0 spiro atoms. The van der Waals surface area contributed by atoms with Gasteiger partial charge in [0.2, 0.25) is 5.91 Å². The van der Waals surface area contributed by atoms with Gasteiger partial charge in [0.25, 0.3) is 11.5 Å². The number of aromatic nitrogens is 2. The van der Waals surface area contributed by atoms with E-state index in [1.165, 1.54) is 17.0 Å². The number of anilines is 1. The van der Waals surface area contributed by atoms with Crippen molar-refractivity contribution < 1.29 is 14.0 Å². The summed E-state index contributed by atoms with van der Waals surface area (Å²) in [6, 6.07) is 12.6. The lowest BCUT2D eigenvalue weighted by Crippen LogP contribution is -2.57. The molecule has 2 aromatic carbocycles. The van der Waals surface area contributed by atoms with E-state index in [1.807, 2.05) is 13.0 Å². The third-order valence-electron chi connectivity index (χ3n) is 6.34. The van der Waals surface area contributed by atoms with Crippen LogP contribution in [0.2, 0.25) is 0 Å². The highest BCUT2D eigenvalue weighted by Crippen LogP contribution is 2.24. The molecule has 0 saturated carbocycles. The van der Waals surface area contributed by atoms with E-state index < -0.39 is 11.7 Å². The molecule has 1 atom stereocenters. The third-order valence-corrected chi connectivity index (χ3v) is 6.34. The van der Waals surface area contributed by atoms with Gasteiger partial charge in [-0.05, 0) is 68.3 Å². The molecular weight excluding hydrogens is 449 g/mol. The van der Waals surface area contributed by atoms with Crippen LogP contribution in [-0.4, -0.2) is 46.0 Å². The van der Waals surface area contributed by atoms with Gasteiger partial charge in [-0.3, -0.25) is 14.4 Å². The van der Waals surface area contributed by atoms with Crippen LogP contribution in [0.5, 0.6) is 0 Å². The summed E-state index contributed by atoms with van der Waals surface area (Å²) in [6.45, 7) is 5.35. The van der Waals surface area contributed by atoms with Crippen LogP contribution in [0.1, 0.15) is 45.2 Å². The van der Waals surface area contributed by atoms with Crippen LogP contribution in [0.4, 0.5) is 10.1 Å². The maximum absolute atomic E-state index is 14.7. The Balaban J connectivity index is 1.55. The van der Waals surface area contributed by atoms with Crippen LogP contribution < -0.4 is 10.5 Å². The van der Waals surface area contributed by atoms with Crippen molar-refractivity contribution in [2.24, 2.45) is 0 Å². The van der Waals surface area contributed by atoms with Gasteiger partial charge in [0, 0.05) is 24.2 Å². The Morgan fingerprint density at radius 1 is 1.17 bits per heavy atom. The predicted molar refractivity (Wildman–Crippen MR) is 128 cm³/mol. The highest BCUT2D eigenvalue weighted by atomic mass is 19.1. The van der Waals surface area contributed by atoms with Gasteiger partial charge < -0.3 is 9.80 Å². The Labute approximate surface area is 201 Å². The third kappa shape index (κ3) is 4.68. The Morgan fingerprint density at radius 2 is 1.89 bits per heavy atom. The maximum atomic E-state index is 14.7. The van der Waals surface area contributed by atoms with Crippen molar-refractivity contribution in [1.82, 2.24) is 15.1 Å². The molecule has 1 N–H and O–H groups in total. The van der Waals surface area contributed by atoms with E-state index in [0.717, 1.165) is 5.56 Å². The van der Waals surface area contributed by atoms with Gasteiger partial charge >= 0.3 is 0 Å². The summed E-state index contributed by atoms with van der Waals surface area (Å²) in [6.07, 6.45) is 0.311. The lowest BCUT2D eigenvalue weighted by Gasteiger charge is -2.39. The lowest BCUT2D eigenvalue weighted by atomic mass is 10.0. The van der Waals surface area contributed by atoms with Crippen molar-refractivity contribution in [1.29, 1.82) is 5.26 Å². The molecule has 1 aliphatic rings. The Morgan fingerprint density at radius 3 is 2.54 bits per heavy atom. The summed E-state index contributed by atoms with van der Waals surface area (Å²) < 4.78 is 14.7. The summed E-state index contributed by atoms with van der Waals surface area (Å²) in [5.74, 6) is -1.52. The molecule has 35 heavy (non-hydrogen) atoms. The number of hydrogen-bond donors (Lipinski definition) is 1. The normalized spacial score (nSPS) is 15.7. The quantitative estimate of drug-likeness (QED) is 0.627. The second-order valence-electron chi connectivity index (χ2n) is 8.70. The van der Waals surface area contributed by atoms with Gasteiger partial charge in [0.15, 0.2) is 0 Å². The van der Waals surface area contributed by atoms with E-state index in [9.17, 15) is 18.8 Å². The van der Waals surface area contributed by atoms with E-state index in [-0.39, 0.29) is 36.2 Å². The minimum Gasteiger partial charge on any atom is -0.327 e. The molecule has 4 rings (SSSR count). The first-order chi connectivity index (χ1) is 16.7. The zero-order valence-electron chi connectivity index (χ0n) is 19.6. The average Bonchev–Trinajstić information content (AvgIpc) is 2.85. The highest BCUT2D eigenvalue weighted by Gasteiger charge is 2.34. The largest absolute Gasteiger partial charge is 0.327 e. The summed E-state index contributed by atoms with van der Waals surface area (Å²) in [5, 5.41) is 15.5. The number of benzene rings is 2. The molecule has 8 nitrogen and oxygen atoms in total. The standard InChI is InChI=1S/C26H24FN5O3/c1-15-13-31(14-24(33)32(15)20-7-4-18(12-28)5-8-20)26(35)21-10-19(6-9-22(21)27)11-23-16(2)17(3)25(34)30-29-23/h4-10,15H,11,13-14H2,1-3H3,(H,30,34)/t15-/m0/s1. The van der Waals surface area contributed by atoms with Gasteiger partial charge in [-0.25, -0.2) is 9.49 Å². The molecule has 2 heterocycles. The number of aromatic amines is 1. The predicted octanol–water partition coefficient (Wildman–Crippen LogP) is 2.87. The molecule has 1 saturated heterocycles. The summed E-state index contributed by atoms with van der Waals surface area (Å²) >= 11 is 0. The number of hydrogen-bond acceptors (Lipinski definition) is 5. The van der Waals surface area contributed by atoms with Gasteiger partial charge in [-0.2, -0.15) is 10.4 Å². The van der Waals surface area contributed by atoms with Gasteiger partial charge in [-0.15, -0.1) is 0 Å². The first kappa shape index (κ1) is 23.8. The molecule has 1 aromatic heterocycles. The molecule has 3 aromatic rings. The van der Waals surface area contributed by atoms with E-state index >= 15 is 0 Å². The number of carbonyl (C=O) groups excluding carboxylic acids is 2. The zero-order chi connectivity index (χ0) is 25.3. The minimum absolute atomic E-state index is 0.117.